The van der Waals surface area contributed by atoms with Gasteiger partial charge in [-0.1, -0.05) is 6.07 Å². The Morgan fingerprint density at radius 3 is 2.65 bits per heavy atom. The number of carboxylic acid groups (broad SMARTS) is 1. The van der Waals surface area contributed by atoms with Gasteiger partial charge in [0.05, 0.1) is 12.7 Å². The fraction of sp³-hybridized carbons (Fsp3) is 0.0667. The molecule has 2 heterocycles. The van der Waals surface area contributed by atoms with Crippen molar-refractivity contribution >= 4 is 5.97 Å². The van der Waals surface area contributed by atoms with Crippen LogP contribution in [0.4, 0.5) is 0 Å². The number of rotatable bonds is 4. The van der Waals surface area contributed by atoms with Crippen LogP contribution >= 0.6 is 0 Å². The number of aromatic hydroxyl groups is 1. The molecule has 116 valence electrons. The van der Waals surface area contributed by atoms with Crippen LogP contribution in [0.5, 0.6) is 11.8 Å². The first-order valence-electron chi connectivity index (χ1n) is 6.50. The number of benzene rings is 1. The summed E-state index contributed by atoms with van der Waals surface area (Å²) in [5.41, 5.74) is 0.819. The molecule has 0 amide bonds. The van der Waals surface area contributed by atoms with Crippen LogP contribution in [0.25, 0.3) is 22.9 Å². The van der Waals surface area contributed by atoms with Crippen molar-refractivity contribution in [2.45, 2.75) is 0 Å². The number of hydrogen-bond acceptors (Lipinski definition) is 7. The van der Waals surface area contributed by atoms with Crippen molar-refractivity contribution in [1.82, 2.24) is 15.2 Å². The van der Waals surface area contributed by atoms with E-state index in [1.807, 2.05) is 0 Å². The lowest BCUT2D eigenvalue weighted by Crippen LogP contribution is -1.95. The number of carbonyl (C=O) groups is 1. The summed E-state index contributed by atoms with van der Waals surface area (Å²) in [7, 11) is 1.43. The Morgan fingerprint density at radius 2 is 1.96 bits per heavy atom. The molecule has 23 heavy (non-hydrogen) atoms. The van der Waals surface area contributed by atoms with Crippen LogP contribution in [-0.4, -0.2) is 38.5 Å². The van der Waals surface area contributed by atoms with Gasteiger partial charge < -0.3 is 19.4 Å². The summed E-state index contributed by atoms with van der Waals surface area (Å²) in [6, 6.07) is 9.19. The highest BCUT2D eigenvalue weighted by Crippen LogP contribution is 2.30. The second kappa shape index (κ2) is 5.76. The lowest BCUT2D eigenvalue weighted by molar-refractivity contribution is 0.0697. The molecule has 3 rings (SSSR count). The maximum absolute atomic E-state index is 11.0. The van der Waals surface area contributed by atoms with Crippen molar-refractivity contribution in [1.29, 1.82) is 0 Å². The van der Waals surface area contributed by atoms with E-state index in [0.29, 0.717) is 5.56 Å². The van der Waals surface area contributed by atoms with E-state index < -0.39 is 5.97 Å². The molecule has 8 heteroatoms. The summed E-state index contributed by atoms with van der Waals surface area (Å²) in [6.45, 7) is 0. The summed E-state index contributed by atoms with van der Waals surface area (Å²) in [5.74, 6) is -0.908. The van der Waals surface area contributed by atoms with E-state index in [0.717, 1.165) is 0 Å². The second-order valence-corrected chi connectivity index (χ2v) is 4.52. The van der Waals surface area contributed by atoms with Crippen molar-refractivity contribution in [3.05, 3.63) is 42.0 Å². The number of ether oxygens (including phenoxy) is 1. The van der Waals surface area contributed by atoms with Gasteiger partial charge in [0.1, 0.15) is 5.56 Å². The Labute approximate surface area is 130 Å². The fourth-order valence-corrected chi connectivity index (χ4v) is 1.95. The molecule has 2 aromatic heterocycles. The highest BCUT2D eigenvalue weighted by atomic mass is 16.5. The molecule has 0 aliphatic carbocycles. The van der Waals surface area contributed by atoms with E-state index in [4.69, 9.17) is 14.3 Å². The summed E-state index contributed by atoms with van der Waals surface area (Å²) in [4.78, 5) is 14.8. The molecule has 0 atom stereocenters. The van der Waals surface area contributed by atoms with Crippen molar-refractivity contribution in [2.24, 2.45) is 0 Å². The molecule has 0 bridgehead atoms. The van der Waals surface area contributed by atoms with E-state index in [1.54, 1.807) is 18.2 Å². The highest BCUT2D eigenvalue weighted by Gasteiger charge is 2.16. The second-order valence-electron chi connectivity index (χ2n) is 4.52. The number of pyridine rings is 1. The molecule has 3 aromatic rings. The predicted octanol–water partition coefficient (Wildman–Crippen LogP) is 2.21. The summed E-state index contributed by atoms with van der Waals surface area (Å²) in [5, 5.41) is 26.6. The van der Waals surface area contributed by atoms with Crippen molar-refractivity contribution in [3.63, 3.8) is 0 Å². The Kier molecular flexibility index (Phi) is 3.63. The third kappa shape index (κ3) is 2.82. The van der Waals surface area contributed by atoms with Crippen molar-refractivity contribution < 1.29 is 24.2 Å². The zero-order valence-corrected chi connectivity index (χ0v) is 11.9. The molecule has 0 fully saturated rings. The summed E-state index contributed by atoms with van der Waals surface area (Å²) in [6.07, 6.45) is 0. The fourth-order valence-electron chi connectivity index (χ4n) is 1.95. The average Bonchev–Trinajstić information content (AvgIpc) is 3.04. The van der Waals surface area contributed by atoms with Gasteiger partial charge in [-0.15, -0.1) is 10.2 Å². The quantitative estimate of drug-likeness (QED) is 0.752. The number of aromatic carboxylic acids is 1. The topological polar surface area (TPSA) is 119 Å². The smallest absolute Gasteiger partial charge is 0.335 e. The van der Waals surface area contributed by atoms with Crippen LogP contribution in [0.2, 0.25) is 0 Å². The molecule has 0 radical (unpaired) electrons. The first kappa shape index (κ1) is 14.5. The van der Waals surface area contributed by atoms with E-state index in [2.05, 4.69) is 15.2 Å². The van der Waals surface area contributed by atoms with Crippen LogP contribution in [0.3, 0.4) is 0 Å². The van der Waals surface area contributed by atoms with Crippen LogP contribution in [-0.2, 0) is 0 Å². The highest BCUT2D eigenvalue weighted by molar-refractivity contribution is 5.89. The molecular formula is C15H11N3O5. The van der Waals surface area contributed by atoms with Gasteiger partial charge in [0, 0.05) is 11.6 Å². The zero-order valence-electron chi connectivity index (χ0n) is 11.9. The van der Waals surface area contributed by atoms with Gasteiger partial charge in [-0.2, -0.15) is 4.98 Å². The summed E-state index contributed by atoms with van der Waals surface area (Å²) < 4.78 is 10.4. The predicted molar refractivity (Wildman–Crippen MR) is 78.1 cm³/mol. The number of nitrogens with zero attached hydrogens (tertiary/aromatic N) is 3. The maximum atomic E-state index is 11.0. The van der Waals surface area contributed by atoms with Crippen LogP contribution in [0.1, 0.15) is 10.4 Å². The van der Waals surface area contributed by atoms with Crippen molar-refractivity contribution in [2.75, 3.05) is 7.11 Å². The molecule has 0 saturated carbocycles. The number of hydrogen-bond donors (Lipinski definition) is 2. The minimum absolute atomic E-state index is 0.0633. The lowest BCUT2D eigenvalue weighted by Gasteiger charge is -2.01. The van der Waals surface area contributed by atoms with Crippen LogP contribution in [0.15, 0.2) is 40.8 Å². The molecule has 0 unspecified atom stereocenters. The average molecular weight is 313 g/mol. The van der Waals surface area contributed by atoms with E-state index >= 15 is 0 Å². The van der Waals surface area contributed by atoms with Gasteiger partial charge in [-0.25, -0.2) is 4.79 Å². The normalized spacial score (nSPS) is 10.5. The maximum Gasteiger partial charge on any atom is 0.335 e. The monoisotopic (exact) mass is 313 g/mol. The molecule has 0 aliphatic rings. The lowest BCUT2D eigenvalue weighted by atomic mass is 10.1. The summed E-state index contributed by atoms with van der Waals surface area (Å²) >= 11 is 0. The van der Waals surface area contributed by atoms with Crippen molar-refractivity contribution in [3.8, 4) is 34.7 Å². The number of aromatic nitrogens is 3. The minimum Gasteiger partial charge on any atom is -0.493 e. The standard InChI is InChI=1S/C15H11N3O5/c1-22-11-6-5-10(12(19)16-11)14-18-17-13(23-14)8-3-2-4-9(7-8)15(20)21/h2-7H,1H3,(H,16,19)(H,20,21). The number of carboxylic acids is 1. The Balaban J connectivity index is 1.97. The van der Waals surface area contributed by atoms with Gasteiger partial charge in [0.2, 0.25) is 17.7 Å². The Hall–Kier alpha value is -3.42. The van der Waals surface area contributed by atoms with Gasteiger partial charge in [-0.3, -0.25) is 0 Å². The molecule has 0 saturated heterocycles. The Morgan fingerprint density at radius 1 is 1.17 bits per heavy atom. The zero-order chi connectivity index (χ0) is 16.4. The van der Waals surface area contributed by atoms with Gasteiger partial charge in [-0.05, 0) is 24.3 Å². The SMILES string of the molecule is COc1ccc(-c2nnc(-c3cccc(C(=O)O)c3)o2)c(O)n1. The molecule has 0 spiro atoms. The molecule has 1 aromatic carbocycles. The van der Waals surface area contributed by atoms with Crippen LogP contribution < -0.4 is 4.74 Å². The van der Waals surface area contributed by atoms with E-state index in [9.17, 15) is 9.90 Å². The third-order valence-corrected chi connectivity index (χ3v) is 3.07. The van der Waals surface area contributed by atoms with Gasteiger partial charge in [0.15, 0.2) is 0 Å². The molecule has 0 aliphatic heterocycles. The van der Waals surface area contributed by atoms with Crippen LogP contribution in [0, 0.1) is 0 Å². The molecular weight excluding hydrogens is 302 g/mol. The van der Waals surface area contributed by atoms with E-state index in [1.165, 1.54) is 25.3 Å². The minimum atomic E-state index is -1.05. The molecule has 2 N–H and O–H groups in total. The first-order chi connectivity index (χ1) is 11.1. The number of methoxy groups -OCH3 is 1. The largest absolute Gasteiger partial charge is 0.493 e. The molecule has 8 nitrogen and oxygen atoms in total. The van der Waals surface area contributed by atoms with Gasteiger partial charge >= 0.3 is 5.97 Å². The first-order valence-corrected chi connectivity index (χ1v) is 6.50. The third-order valence-electron chi connectivity index (χ3n) is 3.07. The van der Waals surface area contributed by atoms with E-state index in [-0.39, 0.29) is 34.7 Å². The Bertz CT molecular complexity index is 875. The van der Waals surface area contributed by atoms with Gasteiger partial charge in [0.25, 0.3) is 5.89 Å².